The fourth-order valence-electron chi connectivity index (χ4n) is 2.58. The standard InChI is InChI=1S/C11H16.C10H14/c1-5-11-6-8(2)10(4)9(3)7-11;1-7-5-8(2)10(4)9(3)6-7/h6-7H,5H2,1-4H3;5-6H,1-4H3. The maximum atomic E-state index is 2.28. The van der Waals surface area contributed by atoms with Gasteiger partial charge >= 0.3 is 0 Å². The van der Waals surface area contributed by atoms with Crippen molar-refractivity contribution in [2.45, 2.75) is 61.8 Å². The van der Waals surface area contributed by atoms with Gasteiger partial charge < -0.3 is 0 Å². The molecular formula is C21H30. The van der Waals surface area contributed by atoms with E-state index in [1.165, 1.54) is 44.5 Å². The Labute approximate surface area is 131 Å². The molecule has 114 valence electrons. The quantitative estimate of drug-likeness (QED) is 0.593. The van der Waals surface area contributed by atoms with Crippen molar-refractivity contribution in [1.82, 2.24) is 0 Å². The van der Waals surface area contributed by atoms with Crippen molar-refractivity contribution >= 4 is 0 Å². The molecule has 0 spiro atoms. The van der Waals surface area contributed by atoms with Gasteiger partial charge in [0.1, 0.15) is 0 Å². The molecule has 0 aromatic heterocycles. The second-order valence-electron chi connectivity index (χ2n) is 6.23. The van der Waals surface area contributed by atoms with Gasteiger partial charge in [0.05, 0.1) is 0 Å². The molecule has 0 aliphatic carbocycles. The van der Waals surface area contributed by atoms with Crippen molar-refractivity contribution in [2.24, 2.45) is 0 Å². The summed E-state index contributed by atoms with van der Waals surface area (Å²) in [6, 6.07) is 9.01. The van der Waals surface area contributed by atoms with Crippen molar-refractivity contribution in [1.29, 1.82) is 0 Å². The monoisotopic (exact) mass is 282 g/mol. The lowest BCUT2D eigenvalue weighted by atomic mass is 10.00. The lowest BCUT2D eigenvalue weighted by molar-refractivity contribution is 1.11. The fraction of sp³-hybridized carbons (Fsp3) is 0.429. The van der Waals surface area contributed by atoms with Crippen LogP contribution in [0.15, 0.2) is 24.3 Å². The van der Waals surface area contributed by atoms with Crippen molar-refractivity contribution in [3.05, 3.63) is 68.8 Å². The van der Waals surface area contributed by atoms with Crippen LogP contribution in [0, 0.1) is 48.5 Å². The van der Waals surface area contributed by atoms with Crippen LogP contribution in [0.2, 0.25) is 0 Å². The molecule has 0 amide bonds. The van der Waals surface area contributed by atoms with Crippen LogP contribution in [0.1, 0.15) is 51.4 Å². The van der Waals surface area contributed by atoms with Crippen molar-refractivity contribution in [3.8, 4) is 0 Å². The molecule has 0 nitrogen and oxygen atoms in total. The molecule has 0 saturated heterocycles. The number of benzene rings is 2. The Morgan fingerprint density at radius 3 is 1.24 bits per heavy atom. The van der Waals surface area contributed by atoms with Crippen LogP contribution in [-0.2, 0) is 6.42 Å². The average molecular weight is 282 g/mol. The van der Waals surface area contributed by atoms with Gasteiger partial charge in [-0.15, -0.1) is 0 Å². The highest BCUT2D eigenvalue weighted by Gasteiger charge is 1.98. The Bertz CT molecular complexity index is 572. The van der Waals surface area contributed by atoms with Gasteiger partial charge in [0.15, 0.2) is 0 Å². The summed E-state index contributed by atoms with van der Waals surface area (Å²) in [5.41, 5.74) is 11.3. The van der Waals surface area contributed by atoms with Crippen molar-refractivity contribution in [3.63, 3.8) is 0 Å². The maximum Gasteiger partial charge on any atom is -0.0307 e. The van der Waals surface area contributed by atoms with Crippen LogP contribution in [-0.4, -0.2) is 0 Å². The normalized spacial score (nSPS) is 10.1. The average Bonchev–Trinajstić information content (AvgIpc) is 2.42. The first-order chi connectivity index (χ1) is 9.76. The molecule has 2 aromatic rings. The van der Waals surface area contributed by atoms with Crippen molar-refractivity contribution < 1.29 is 0 Å². The molecule has 0 aliphatic rings. The summed E-state index contributed by atoms with van der Waals surface area (Å²) in [4.78, 5) is 0. The number of rotatable bonds is 1. The smallest absolute Gasteiger partial charge is 0.0307 e. The molecule has 0 atom stereocenters. The molecule has 2 aromatic carbocycles. The van der Waals surface area contributed by atoms with E-state index in [-0.39, 0.29) is 0 Å². The summed E-state index contributed by atoms with van der Waals surface area (Å²) in [6.45, 7) is 17.4. The molecule has 0 N–H and O–H groups in total. The van der Waals surface area contributed by atoms with E-state index in [4.69, 9.17) is 0 Å². The number of aryl methyl sites for hydroxylation is 6. The number of hydrogen-bond donors (Lipinski definition) is 0. The van der Waals surface area contributed by atoms with Gasteiger partial charge in [-0.3, -0.25) is 0 Å². The summed E-state index contributed by atoms with van der Waals surface area (Å²) < 4.78 is 0. The largest absolute Gasteiger partial charge is 0.0613 e. The van der Waals surface area contributed by atoms with Gasteiger partial charge in [0.2, 0.25) is 0 Å². The molecule has 2 rings (SSSR count). The predicted molar refractivity (Wildman–Crippen MR) is 95.4 cm³/mol. The molecular weight excluding hydrogens is 252 g/mol. The maximum absolute atomic E-state index is 2.28. The highest BCUT2D eigenvalue weighted by molar-refractivity contribution is 5.37. The van der Waals surface area contributed by atoms with Crippen LogP contribution >= 0.6 is 0 Å². The van der Waals surface area contributed by atoms with Crippen LogP contribution in [0.3, 0.4) is 0 Å². The van der Waals surface area contributed by atoms with E-state index in [9.17, 15) is 0 Å². The first kappa shape index (κ1) is 17.5. The molecule has 0 radical (unpaired) electrons. The molecule has 0 saturated carbocycles. The van der Waals surface area contributed by atoms with Crippen LogP contribution in [0.25, 0.3) is 0 Å². The Hall–Kier alpha value is -1.56. The SMILES string of the molecule is CCc1cc(C)c(C)c(C)c1.Cc1cc(C)c(C)c(C)c1. The topological polar surface area (TPSA) is 0 Å². The second kappa shape index (κ2) is 7.45. The van der Waals surface area contributed by atoms with Crippen LogP contribution < -0.4 is 0 Å². The molecule has 0 fully saturated rings. The van der Waals surface area contributed by atoms with Gasteiger partial charge in [-0.2, -0.15) is 0 Å². The molecule has 0 unspecified atom stereocenters. The van der Waals surface area contributed by atoms with E-state index < -0.39 is 0 Å². The highest BCUT2D eigenvalue weighted by Crippen LogP contribution is 2.15. The van der Waals surface area contributed by atoms with Gasteiger partial charge in [0.25, 0.3) is 0 Å². The third-order valence-electron chi connectivity index (χ3n) is 4.47. The summed E-state index contributed by atoms with van der Waals surface area (Å²) in [7, 11) is 0. The van der Waals surface area contributed by atoms with Crippen LogP contribution in [0.5, 0.6) is 0 Å². The Morgan fingerprint density at radius 1 is 0.571 bits per heavy atom. The highest BCUT2D eigenvalue weighted by atomic mass is 14.0. The molecule has 0 aliphatic heterocycles. The van der Waals surface area contributed by atoms with Gasteiger partial charge in [-0.25, -0.2) is 0 Å². The zero-order chi connectivity index (χ0) is 16.2. The van der Waals surface area contributed by atoms with Crippen molar-refractivity contribution in [2.75, 3.05) is 0 Å². The minimum atomic E-state index is 1.14. The van der Waals surface area contributed by atoms with Gasteiger partial charge in [-0.1, -0.05) is 36.8 Å². The molecule has 0 bridgehead atoms. The summed E-state index contributed by atoms with van der Waals surface area (Å²) >= 11 is 0. The summed E-state index contributed by atoms with van der Waals surface area (Å²) in [6.07, 6.45) is 1.14. The van der Waals surface area contributed by atoms with Gasteiger partial charge in [-0.05, 0) is 93.8 Å². The molecule has 0 heteroatoms. The zero-order valence-corrected chi connectivity index (χ0v) is 15.0. The van der Waals surface area contributed by atoms with E-state index in [1.807, 2.05) is 0 Å². The van der Waals surface area contributed by atoms with E-state index in [2.05, 4.69) is 79.7 Å². The number of hydrogen-bond acceptors (Lipinski definition) is 0. The van der Waals surface area contributed by atoms with Crippen LogP contribution in [0.4, 0.5) is 0 Å². The predicted octanol–water partition coefficient (Wildman–Crippen LogP) is 6.09. The summed E-state index contributed by atoms with van der Waals surface area (Å²) in [5.74, 6) is 0. The zero-order valence-electron chi connectivity index (χ0n) is 15.0. The van der Waals surface area contributed by atoms with E-state index in [1.54, 1.807) is 0 Å². The Balaban J connectivity index is 0.000000211. The van der Waals surface area contributed by atoms with E-state index >= 15 is 0 Å². The van der Waals surface area contributed by atoms with Gasteiger partial charge in [0, 0.05) is 0 Å². The Morgan fingerprint density at radius 2 is 0.905 bits per heavy atom. The minimum Gasteiger partial charge on any atom is -0.0613 e. The molecule has 0 heterocycles. The molecule has 21 heavy (non-hydrogen) atoms. The summed E-state index contributed by atoms with van der Waals surface area (Å²) in [5, 5.41) is 0. The lowest BCUT2D eigenvalue weighted by Crippen LogP contribution is -1.89. The second-order valence-corrected chi connectivity index (χ2v) is 6.23. The third-order valence-corrected chi connectivity index (χ3v) is 4.47. The fourth-order valence-corrected chi connectivity index (χ4v) is 2.58. The Kier molecular flexibility index (Phi) is 6.20. The first-order valence-electron chi connectivity index (χ1n) is 7.87. The lowest BCUT2D eigenvalue weighted by Gasteiger charge is -2.06. The van der Waals surface area contributed by atoms with E-state index in [0.717, 1.165) is 6.42 Å². The first-order valence-corrected chi connectivity index (χ1v) is 7.87. The minimum absolute atomic E-state index is 1.14. The van der Waals surface area contributed by atoms with E-state index in [0.29, 0.717) is 0 Å². The third kappa shape index (κ3) is 4.74.